The number of nitrogens with zero attached hydrogens (tertiary/aromatic N) is 1. The van der Waals surface area contributed by atoms with E-state index in [9.17, 15) is 0 Å². The lowest BCUT2D eigenvalue weighted by Crippen LogP contribution is -2.19. The Balaban J connectivity index is 3.04. The van der Waals surface area contributed by atoms with Crippen LogP contribution in [0.2, 0.25) is 0 Å². The van der Waals surface area contributed by atoms with Crippen LogP contribution in [-0.4, -0.2) is 12.1 Å². The highest BCUT2D eigenvalue weighted by Crippen LogP contribution is 2.42. The van der Waals surface area contributed by atoms with Gasteiger partial charge in [0.15, 0.2) is 0 Å². The summed E-state index contributed by atoms with van der Waals surface area (Å²) in [6, 6.07) is 2.04. The second-order valence-corrected chi connectivity index (χ2v) is 6.16. The minimum Gasteiger partial charge on any atom is -0.481 e. The Morgan fingerprint density at radius 3 is 2.50 bits per heavy atom. The van der Waals surface area contributed by atoms with Crippen LogP contribution in [0.1, 0.15) is 57.1 Å². The molecule has 0 N–H and O–H groups in total. The first-order chi connectivity index (χ1) is 8.57. The molecule has 0 radical (unpaired) electrons. The Hall–Kier alpha value is -0.620. The molecule has 18 heavy (non-hydrogen) atoms. The smallest absolute Gasteiger partial charge is 0.213 e. The summed E-state index contributed by atoms with van der Waals surface area (Å²) in [6.45, 7) is 6.65. The van der Waals surface area contributed by atoms with E-state index in [1.807, 2.05) is 12.3 Å². The van der Waals surface area contributed by atoms with Crippen LogP contribution >= 0.6 is 9.24 Å². The van der Waals surface area contributed by atoms with E-state index in [1.165, 1.54) is 43.2 Å². The van der Waals surface area contributed by atoms with Gasteiger partial charge in [-0.05, 0) is 30.9 Å². The van der Waals surface area contributed by atoms with Crippen LogP contribution in [0.5, 0.6) is 5.88 Å². The molecule has 0 aliphatic carbocycles. The summed E-state index contributed by atoms with van der Waals surface area (Å²) in [5.41, 5.74) is 2.63. The SMILES string of the molecule is CCCCC(P)(CCC)c1cnc(OC)cc1C. The lowest BCUT2D eigenvalue weighted by Gasteiger charge is -2.31. The second kappa shape index (κ2) is 7.09. The van der Waals surface area contributed by atoms with Crippen LogP contribution < -0.4 is 4.74 Å². The van der Waals surface area contributed by atoms with Gasteiger partial charge in [-0.25, -0.2) is 4.98 Å². The maximum Gasteiger partial charge on any atom is 0.213 e. The molecule has 0 bridgehead atoms. The van der Waals surface area contributed by atoms with E-state index >= 15 is 0 Å². The first-order valence-electron chi connectivity index (χ1n) is 6.87. The molecule has 0 saturated carbocycles. The van der Waals surface area contributed by atoms with Crippen LogP contribution in [0.3, 0.4) is 0 Å². The predicted molar refractivity (Wildman–Crippen MR) is 81.3 cm³/mol. The number of unbranched alkanes of at least 4 members (excludes halogenated alkanes) is 1. The molecule has 0 spiro atoms. The van der Waals surface area contributed by atoms with Crippen LogP contribution in [0.15, 0.2) is 12.3 Å². The van der Waals surface area contributed by atoms with E-state index < -0.39 is 0 Å². The number of aryl methyl sites for hydroxylation is 1. The van der Waals surface area contributed by atoms with Crippen LogP contribution in [0.25, 0.3) is 0 Å². The monoisotopic (exact) mass is 267 g/mol. The lowest BCUT2D eigenvalue weighted by atomic mass is 9.87. The van der Waals surface area contributed by atoms with Crippen molar-refractivity contribution in [2.45, 2.75) is 58.0 Å². The summed E-state index contributed by atoms with van der Waals surface area (Å²) < 4.78 is 5.19. The van der Waals surface area contributed by atoms with Crippen molar-refractivity contribution in [2.24, 2.45) is 0 Å². The third-order valence-electron chi connectivity index (χ3n) is 3.50. The molecular formula is C15H26NOP. The highest BCUT2D eigenvalue weighted by atomic mass is 31.0. The van der Waals surface area contributed by atoms with Gasteiger partial charge in [0.2, 0.25) is 5.88 Å². The molecular weight excluding hydrogens is 241 g/mol. The topological polar surface area (TPSA) is 22.1 Å². The van der Waals surface area contributed by atoms with Crippen molar-refractivity contribution in [3.05, 3.63) is 23.4 Å². The van der Waals surface area contributed by atoms with Gasteiger partial charge in [-0.3, -0.25) is 0 Å². The fraction of sp³-hybridized carbons (Fsp3) is 0.667. The summed E-state index contributed by atoms with van der Waals surface area (Å²) in [4.78, 5) is 4.38. The van der Waals surface area contributed by atoms with Gasteiger partial charge < -0.3 is 4.74 Å². The molecule has 0 aromatic carbocycles. The predicted octanol–water partition coefficient (Wildman–Crippen LogP) is 4.46. The van der Waals surface area contributed by atoms with E-state index in [-0.39, 0.29) is 5.16 Å². The quantitative estimate of drug-likeness (QED) is 0.680. The van der Waals surface area contributed by atoms with Crippen LogP contribution in [-0.2, 0) is 5.16 Å². The van der Waals surface area contributed by atoms with Crippen molar-refractivity contribution in [1.82, 2.24) is 4.98 Å². The summed E-state index contributed by atoms with van der Waals surface area (Å²) in [7, 11) is 4.75. The molecule has 1 heterocycles. The first kappa shape index (κ1) is 15.4. The number of hydrogen-bond acceptors (Lipinski definition) is 2. The first-order valence-corrected chi connectivity index (χ1v) is 7.45. The zero-order valence-electron chi connectivity index (χ0n) is 12.1. The Morgan fingerprint density at radius 1 is 1.28 bits per heavy atom. The summed E-state index contributed by atoms with van der Waals surface area (Å²) in [6.07, 6.45) is 8.08. The van der Waals surface area contributed by atoms with Gasteiger partial charge in [-0.15, -0.1) is 9.24 Å². The number of aromatic nitrogens is 1. The average molecular weight is 267 g/mol. The second-order valence-electron chi connectivity index (χ2n) is 5.05. The number of rotatable bonds is 7. The molecule has 102 valence electrons. The molecule has 0 amide bonds. The van der Waals surface area contributed by atoms with Gasteiger partial charge in [-0.2, -0.15) is 0 Å². The molecule has 0 saturated heterocycles. The van der Waals surface area contributed by atoms with Gasteiger partial charge in [0.1, 0.15) is 0 Å². The van der Waals surface area contributed by atoms with E-state index in [4.69, 9.17) is 4.74 Å². The van der Waals surface area contributed by atoms with Gasteiger partial charge in [-0.1, -0.05) is 33.1 Å². The molecule has 2 atom stereocenters. The molecule has 1 rings (SSSR count). The van der Waals surface area contributed by atoms with E-state index in [0.29, 0.717) is 5.88 Å². The number of ether oxygens (including phenoxy) is 1. The minimum absolute atomic E-state index is 0.175. The van der Waals surface area contributed by atoms with E-state index in [2.05, 4.69) is 35.0 Å². The highest BCUT2D eigenvalue weighted by Gasteiger charge is 2.27. The maximum atomic E-state index is 5.19. The van der Waals surface area contributed by atoms with Crippen LogP contribution in [0, 0.1) is 6.92 Å². The number of hydrogen-bond donors (Lipinski definition) is 0. The number of pyridine rings is 1. The molecule has 0 aliphatic heterocycles. The zero-order chi connectivity index (χ0) is 13.6. The van der Waals surface area contributed by atoms with Crippen molar-refractivity contribution >= 4 is 9.24 Å². The Morgan fingerprint density at radius 2 is 2.00 bits per heavy atom. The van der Waals surface area contributed by atoms with Crippen molar-refractivity contribution in [3.63, 3.8) is 0 Å². The van der Waals surface area contributed by atoms with Crippen molar-refractivity contribution < 1.29 is 4.74 Å². The fourth-order valence-electron chi connectivity index (χ4n) is 2.50. The fourth-order valence-corrected chi connectivity index (χ4v) is 3.29. The molecule has 2 unspecified atom stereocenters. The summed E-state index contributed by atoms with van der Waals surface area (Å²) in [5, 5.41) is 0.175. The Labute approximate surface area is 114 Å². The zero-order valence-corrected chi connectivity index (χ0v) is 13.3. The van der Waals surface area contributed by atoms with Gasteiger partial charge in [0, 0.05) is 17.4 Å². The molecule has 0 fully saturated rings. The molecule has 0 aliphatic rings. The van der Waals surface area contributed by atoms with Crippen molar-refractivity contribution in [1.29, 1.82) is 0 Å². The van der Waals surface area contributed by atoms with Gasteiger partial charge in [0.05, 0.1) is 7.11 Å². The normalized spacial score (nSPS) is 14.3. The summed E-state index contributed by atoms with van der Waals surface area (Å²) >= 11 is 0. The average Bonchev–Trinajstić information content (AvgIpc) is 2.36. The van der Waals surface area contributed by atoms with Gasteiger partial charge in [0.25, 0.3) is 0 Å². The largest absolute Gasteiger partial charge is 0.481 e. The Kier molecular flexibility index (Phi) is 6.08. The van der Waals surface area contributed by atoms with Crippen LogP contribution in [0.4, 0.5) is 0 Å². The molecule has 3 heteroatoms. The lowest BCUT2D eigenvalue weighted by molar-refractivity contribution is 0.395. The minimum atomic E-state index is 0.175. The third-order valence-corrected chi connectivity index (χ3v) is 4.39. The molecule has 1 aromatic rings. The molecule has 2 nitrogen and oxygen atoms in total. The van der Waals surface area contributed by atoms with E-state index in [1.54, 1.807) is 7.11 Å². The highest BCUT2D eigenvalue weighted by molar-refractivity contribution is 7.18. The maximum absolute atomic E-state index is 5.19. The Bertz CT molecular complexity index is 381. The number of methoxy groups -OCH3 is 1. The van der Waals surface area contributed by atoms with Crippen molar-refractivity contribution in [3.8, 4) is 5.88 Å². The van der Waals surface area contributed by atoms with Crippen molar-refractivity contribution in [2.75, 3.05) is 7.11 Å². The van der Waals surface area contributed by atoms with E-state index in [0.717, 1.165) is 0 Å². The third kappa shape index (κ3) is 3.68. The summed E-state index contributed by atoms with van der Waals surface area (Å²) in [5.74, 6) is 0.704. The standard InChI is InChI=1S/C15H26NOP/c1-5-7-9-15(18,8-6-2)13-11-16-14(17-4)10-12(13)3/h10-11H,5-9,18H2,1-4H3. The molecule has 1 aromatic heterocycles. The van der Waals surface area contributed by atoms with Gasteiger partial charge >= 0.3 is 0 Å².